The number of carboxylic acids is 1. The highest BCUT2D eigenvalue weighted by molar-refractivity contribution is 5.97. The molecule has 0 unspecified atom stereocenters. The van der Waals surface area contributed by atoms with Gasteiger partial charge in [-0.25, -0.2) is 9.78 Å². The summed E-state index contributed by atoms with van der Waals surface area (Å²) in [6.45, 7) is 8.53. The number of rotatable bonds is 13. The Morgan fingerprint density at radius 3 is 2.25 bits per heavy atom. The number of pyridine rings is 1. The second kappa shape index (κ2) is 15.3. The Morgan fingerprint density at radius 2 is 1.62 bits per heavy atom. The minimum atomic E-state index is -1.52. The third kappa shape index (κ3) is 7.76. The molecule has 12 heteroatoms. The van der Waals surface area contributed by atoms with Crippen LogP contribution in [0.25, 0.3) is 22.2 Å². The van der Waals surface area contributed by atoms with Crippen LogP contribution in [0.1, 0.15) is 45.2 Å². The van der Waals surface area contributed by atoms with E-state index in [0.717, 1.165) is 10.9 Å². The first kappa shape index (κ1) is 36.7. The third-order valence-corrected chi connectivity index (χ3v) is 9.89. The highest BCUT2D eigenvalue weighted by Crippen LogP contribution is 2.45. The van der Waals surface area contributed by atoms with E-state index in [-0.39, 0.29) is 19.4 Å². The first-order valence-electron chi connectivity index (χ1n) is 17.6. The zero-order valence-electron chi connectivity index (χ0n) is 29.8. The average Bonchev–Trinajstić information content (AvgIpc) is 3.72. The molecule has 2 aliphatic rings. The number of amides is 4. The van der Waals surface area contributed by atoms with Gasteiger partial charge in [-0.1, -0.05) is 92.7 Å². The molecule has 1 saturated heterocycles. The molecule has 1 aromatic heterocycles. The van der Waals surface area contributed by atoms with Gasteiger partial charge in [-0.05, 0) is 30.0 Å². The van der Waals surface area contributed by atoms with Crippen LogP contribution < -0.4 is 20.7 Å². The summed E-state index contributed by atoms with van der Waals surface area (Å²) in [4.78, 5) is 73.0. The van der Waals surface area contributed by atoms with E-state index in [9.17, 15) is 29.1 Å². The van der Waals surface area contributed by atoms with Gasteiger partial charge in [0, 0.05) is 36.3 Å². The van der Waals surface area contributed by atoms with E-state index in [2.05, 4.69) is 22.5 Å². The van der Waals surface area contributed by atoms with Crippen molar-refractivity contribution < 1.29 is 33.8 Å². The van der Waals surface area contributed by atoms with Gasteiger partial charge in [0.15, 0.2) is 0 Å². The summed E-state index contributed by atoms with van der Waals surface area (Å²) in [5, 5.41) is 19.0. The monoisotopic (exact) mass is 717 g/mol. The predicted octanol–water partition coefficient (Wildman–Crippen LogP) is 4.41. The van der Waals surface area contributed by atoms with Crippen molar-refractivity contribution in [2.75, 3.05) is 6.54 Å². The molecule has 0 bridgehead atoms. The van der Waals surface area contributed by atoms with Gasteiger partial charge < -0.3 is 30.7 Å². The first-order valence-corrected chi connectivity index (χ1v) is 17.6. The standard InChI is InChI=1S/C41H43N5O7/c1-5-28-22-41(28,40(51)52)45-37(48)33-20-29(53-34-21-32(26-14-8-6-9-15-26)43-31-19-13-12-18-30(31)34)23-46(33)39(50)35(24(2)3)44-38(49)36(42-25(4)47)27-16-10-7-11-17-27/h5-19,21,24,28-29,33,35-36H,1,20,22-23H2,2-4H3,(H,42,47)(H,44,49)(H,45,48)(H,51,52)/t28-,29-,33+,35+,36+,41-/m1/s1. The molecular formula is C41H43N5O7. The summed E-state index contributed by atoms with van der Waals surface area (Å²) in [5.41, 5.74) is 1.27. The molecule has 12 nitrogen and oxygen atoms in total. The Bertz CT molecular complexity index is 2040. The summed E-state index contributed by atoms with van der Waals surface area (Å²) >= 11 is 0. The predicted molar refractivity (Wildman–Crippen MR) is 198 cm³/mol. The number of para-hydroxylation sites is 1. The number of benzene rings is 3. The zero-order valence-corrected chi connectivity index (χ0v) is 29.8. The van der Waals surface area contributed by atoms with Crippen LogP contribution in [-0.2, 0) is 24.0 Å². The summed E-state index contributed by atoms with van der Waals surface area (Å²) in [6, 6.07) is 24.4. The molecule has 0 radical (unpaired) electrons. The normalized spacial score (nSPS) is 21.7. The van der Waals surface area contributed by atoms with Crippen LogP contribution in [0.3, 0.4) is 0 Å². The largest absolute Gasteiger partial charge is 0.488 e. The molecule has 1 aliphatic carbocycles. The molecule has 53 heavy (non-hydrogen) atoms. The fourth-order valence-corrected chi connectivity index (χ4v) is 6.95. The van der Waals surface area contributed by atoms with Crippen molar-refractivity contribution in [1.82, 2.24) is 25.8 Å². The van der Waals surface area contributed by atoms with Crippen LogP contribution in [0.5, 0.6) is 5.75 Å². The number of carbonyl (C=O) groups is 5. The SMILES string of the molecule is C=C[C@@H]1C[C@]1(NC(=O)[C@@H]1C[C@@H](Oc2cc(-c3ccccc3)nc3ccccc23)CN1C(=O)[C@@H](NC(=O)[C@@H](NC(C)=O)c1ccccc1)C(C)C)C(=O)O. The lowest BCUT2D eigenvalue weighted by atomic mass is 10.00. The van der Waals surface area contributed by atoms with Crippen molar-refractivity contribution in [2.24, 2.45) is 11.8 Å². The van der Waals surface area contributed by atoms with Gasteiger partial charge in [-0.15, -0.1) is 6.58 Å². The topological polar surface area (TPSA) is 167 Å². The van der Waals surface area contributed by atoms with E-state index < -0.39 is 71.2 Å². The van der Waals surface area contributed by atoms with Crippen molar-refractivity contribution in [3.63, 3.8) is 0 Å². The van der Waals surface area contributed by atoms with E-state index in [0.29, 0.717) is 22.5 Å². The minimum absolute atomic E-state index is 0.0217. The highest BCUT2D eigenvalue weighted by atomic mass is 16.5. The maximum Gasteiger partial charge on any atom is 0.330 e. The average molecular weight is 718 g/mol. The fraction of sp³-hybridized carbons (Fsp3) is 0.317. The molecule has 3 aromatic carbocycles. The Balaban J connectivity index is 1.32. The van der Waals surface area contributed by atoms with E-state index in [1.807, 2.05) is 60.7 Å². The van der Waals surface area contributed by atoms with Crippen LogP contribution in [0, 0.1) is 11.8 Å². The molecule has 2 heterocycles. The molecule has 6 rings (SSSR count). The Morgan fingerprint density at radius 1 is 0.962 bits per heavy atom. The lowest BCUT2D eigenvalue weighted by Crippen LogP contribution is -2.58. The number of aromatic nitrogens is 1. The van der Waals surface area contributed by atoms with Crippen molar-refractivity contribution in [3.05, 3.63) is 109 Å². The number of hydrogen-bond acceptors (Lipinski definition) is 7. The lowest BCUT2D eigenvalue weighted by molar-refractivity contribution is -0.146. The Hall–Kier alpha value is -6.04. The molecule has 0 spiro atoms. The maximum absolute atomic E-state index is 14.5. The van der Waals surface area contributed by atoms with Gasteiger partial charge in [0.25, 0.3) is 0 Å². The molecule has 1 saturated carbocycles. The molecular weight excluding hydrogens is 674 g/mol. The van der Waals surface area contributed by atoms with Crippen molar-refractivity contribution in [3.8, 4) is 17.0 Å². The van der Waals surface area contributed by atoms with Gasteiger partial charge in [0.05, 0.1) is 17.8 Å². The quantitative estimate of drug-likeness (QED) is 0.148. The van der Waals surface area contributed by atoms with Gasteiger partial charge in [-0.3, -0.25) is 19.2 Å². The Labute approximate surface area is 307 Å². The molecule has 2 fully saturated rings. The second-order valence-corrected chi connectivity index (χ2v) is 14.0. The van der Waals surface area contributed by atoms with Gasteiger partial charge in [0.1, 0.15) is 35.5 Å². The van der Waals surface area contributed by atoms with Crippen LogP contribution in [0.4, 0.5) is 0 Å². The fourth-order valence-electron chi connectivity index (χ4n) is 6.95. The highest BCUT2D eigenvalue weighted by Gasteiger charge is 2.61. The minimum Gasteiger partial charge on any atom is -0.488 e. The number of nitrogens with zero attached hydrogens (tertiary/aromatic N) is 2. The number of nitrogens with one attached hydrogen (secondary N) is 3. The number of carbonyl (C=O) groups excluding carboxylic acids is 4. The van der Waals surface area contributed by atoms with E-state index >= 15 is 0 Å². The molecule has 274 valence electrons. The van der Waals surface area contributed by atoms with E-state index in [4.69, 9.17) is 9.72 Å². The van der Waals surface area contributed by atoms with Crippen LogP contribution >= 0.6 is 0 Å². The smallest absolute Gasteiger partial charge is 0.330 e. The van der Waals surface area contributed by atoms with Crippen molar-refractivity contribution in [2.45, 2.75) is 63.4 Å². The van der Waals surface area contributed by atoms with Crippen molar-refractivity contribution >= 4 is 40.5 Å². The molecule has 4 N–H and O–H groups in total. The first-order chi connectivity index (χ1) is 25.4. The second-order valence-electron chi connectivity index (χ2n) is 14.0. The number of ether oxygens (including phenoxy) is 1. The van der Waals surface area contributed by atoms with Gasteiger partial charge in [-0.2, -0.15) is 0 Å². The van der Waals surface area contributed by atoms with E-state index in [1.165, 1.54) is 17.9 Å². The molecule has 4 amide bonds. The number of aliphatic carboxylic acids is 1. The van der Waals surface area contributed by atoms with Crippen molar-refractivity contribution in [1.29, 1.82) is 0 Å². The molecule has 4 aromatic rings. The molecule has 1 aliphatic heterocycles. The lowest BCUT2D eigenvalue weighted by Gasteiger charge is -2.32. The summed E-state index contributed by atoms with van der Waals surface area (Å²) in [5.74, 6) is -3.78. The number of carboxylic acid groups (broad SMARTS) is 1. The van der Waals surface area contributed by atoms with Crippen LogP contribution in [-0.4, -0.2) is 74.9 Å². The van der Waals surface area contributed by atoms with Gasteiger partial charge in [0.2, 0.25) is 23.6 Å². The molecule has 6 atom stereocenters. The summed E-state index contributed by atoms with van der Waals surface area (Å²) in [7, 11) is 0. The maximum atomic E-state index is 14.5. The number of likely N-dealkylation sites (tertiary alicyclic amines) is 1. The number of hydrogen-bond donors (Lipinski definition) is 4. The van der Waals surface area contributed by atoms with Crippen LogP contribution in [0.2, 0.25) is 0 Å². The summed E-state index contributed by atoms with van der Waals surface area (Å²) < 4.78 is 6.63. The van der Waals surface area contributed by atoms with Gasteiger partial charge >= 0.3 is 5.97 Å². The number of fused-ring (bicyclic) bond motifs is 1. The zero-order chi connectivity index (χ0) is 37.9. The van der Waals surface area contributed by atoms with E-state index in [1.54, 1.807) is 44.2 Å². The Kier molecular flexibility index (Phi) is 10.6. The third-order valence-electron chi connectivity index (χ3n) is 9.89. The van der Waals surface area contributed by atoms with Crippen LogP contribution in [0.15, 0.2) is 104 Å². The summed E-state index contributed by atoms with van der Waals surface area (Å²) in [6.07, 6.45) is 1.05.